The van der Waals surface area contributed by atoms with Gasteiger partial charge in [-0.25, -0.2) is 4.98 Å². The van der Waals surface area contributed by atoms with Crippen LogP contribution in [-0.4, -0.2) is 16.5 Å². The molecule has 0 atom stereocenters. The average Bonchev–Trinajstić information content (AvgIpc) is 3.08. The van der Waals surface area contributed by atoms with Gasteiger partial charge in [0.1, 0.15) is 0 Å². The molecule has 1 saturated carbocycles. The van der Waals surface area contributed by atoms with E-state index in [1.54, 1.807) is 0 Å². The highest BCUT2D eigenvalue weighted by Crippen LogP contribution is 2.48. The van der Waals surface area contributed by atoms with Crippen LogP contribution in [0.4, 0.5) is 5.69 Å². The molecule has 1 aliphatic rings. The molecule has 1 aromatic heterocycles. The molecule has 0 unspecified atom stereocenters. The number of rotatable bonds is 5. The zero-order chi connectivity index (χ0) is 12.3. The second-order valence-electron chi connectivity index (χ2n) is 4.21. The number of nitrogens with zero attached hydrogens (tertiary/aromatic N) is 3. The highest BCUT2D eigenvalue weighted by atomic mass is 16.6. The topological polar surface area (TPSA) is 89.0 Å². The zero-order valence-electron chi connectivity index (χ0n) is 9.13. The average molecular weight is 233 g/mol. The molecule has 0 bridgehead atoms. The van der Waals surface area contributed by atoms with Crippen molar-refractivity contribution >= 4 is 5.69 Å². The Bertz CT molecular complexity index is 477. The first kappa shape index (κ1) is 11.3. The van der Waals surface area contributed by atoms with E-state index in [-0.39, 0.29) is 17.0 Å². The van der Waals surface area contributed by atoms with Gasteiger partial charge >= 0.3 is 5.69 Å². The van der Waals surface area contributed by atoms with Gasteiger partial charge in [-0.2, -0.15) is 5.26 Å². The van der Waals surface area contributed by atoms with Crippen LogP contribution in [-0.2, 0) is 0 Å². The third kappa shape index (κ3) is 2.50. The van der Waals surface area contributed by atoms with E-state index in [1.165, 1.54) is 18.3 Å². The molecule has 0 saturated heterocycles. The van der Waals surface area contributed by atoms with Crippen molar-refractivity contribution in [3.63, 3.8) is 0 Å². The molecule has 2 rings (SSSR count). The van der Waals surface area contributed by atoms with Gasteiger partial charge in [-0.3, -0.25) is 10.1 Å². The Balaban J connectivity index is 2.05. The zero-order valence-corrected chi connectivity index (χ0v) is 9.13. The lowest BCUT2D eigenvalue weighted by Gasteiger charge is -2.11. The fraction of sp³-hybridized carbons (Fsp3) is 0.455. The van der Waals surface area contributed by atoms with Crippen molar-refractivity contribution in [2.45, 2.75) is 19.3 Å². The largest absolute Gasteiger partial charge is 0.472 e. The van der Waals surface area contributed by atoms with Crippen molar-refractivity contribution in [2.24, 2.45) is 5.41 Å². The molecule has 1 aliphatic carbocycles. The second-order valence-corrected chi connectivity index (χ2v) is 4.21. The Morgan fingerprint density at radius 2 is 2.41 bits per heavy atom. The highest BCUT2D eigenvalue weighted by molar-refractivity contribution is 5.39. The predicted octanol–water partition coefficient (Wildman–Crippen LogP) is 2.06. The van der Waals surface area contributed by atoms with Gasteiger partial charge in [0.15, 0.2) is 0 Å². The van der Waals surface area contributed by atoms with Crippen LogP contribution in [0.15, 0.2) is 18.3 Å². The highest BCUT2D eigenvalue weighted by Gasteiger charge is 2.43. The molecule has 0 aromatic carbocycles. The predicted molar refractivity (Wildman–Crippen MR) is 58.3 cm³/mol. The first-order valence-electron chi connectivity index (χ1n) is 5.26. The van der Waals surface area contributed by atoms with Gasteiger partial charge < -0.3 is 4.74 Å². The van der Waals surface area contributed by atoms with Gasteiger partial charge in [0.2, 0.25) is 0 Å². The number of hydrogen-bond donors (Lipinski definition) is 0. The van der Waals surface area contributed by atoms with Crippen molar-refractivity contribution in [1.82, 2.24) is 4.98 Å². The van der Waals surface area contributed by atoms with Gasteiger partial charge in [-0.15, -0.1) is 0 Å². The lowest BCUT2D eigenvalue weighted by molar-refractivity contribution is -0.386. The lowest BCUT2D eigenvalue weighted by Crippen LogP contribution is -2.13. The van der Waals surface area contributed by atoms with E-state index in [9.17, 15) is 10.1 Å². The summed E-state index contributed by atoms with van der Waals surface area (Å²) in [5.74, 6) is 0.0294. The summed E-state index contributed by atoms with van der Waals surface area (Å²) in [5, 5.41) is 19.4. The molecular weight excluding hydrogens is 222 g/mol. The number of hydrogen-bond acceptors (Lipinski definition) is 5. The SMILES string of the molecule is N#CCC1(COc2ncccc2[N+](=O)[O-])CC1. The van der Waals surface area contributed by atoms with E-state index in [0.29, 0.717) is 13.0 Å². The third-order valence-electron chi connectivity index (χ3n) is 2.87. The number of ether oxygens (including phenoxy) is 1. The molecule has 1 fully saturated rings. The second kappa shape index (κ2) is 4.37. The Labute approximate surface area is 98.0 Å². The Hall–Kier alpha value is -2.16. The molecule has 6 heteroatoms. The minimum Gasteiger partial charge on any atom is -0.472 e. The van der Waals surface area contributed by atoms with E-state index in [1.807, 2.05) is 0 Å². The van der Waals surface area contributed by atoms with Crippen LogP contribution in [0.3, 0.4) is 0 Å². The summed E-state index contributed by atoms with van der Waals surface area (Å²) in [5.41, 5.74) is -0.250. The molecule has 0 N–H and O–H groups in total. The van der Waals surface area contributed by atoms with Crippen molar-refractivity contribution in [1.29, 1.82) is 5.26 Å². The van der Waals surface area contributed by atoms with Gasteiger partial charge in [0, 0.05) is 24.1 Å². The van der Waals surface area contributed by atoms with Crippen LogP contribution in [0.25, 0.3) is 0 Å². The first-order valence-corrected chi connectivity index (χ1v) is 5.26. The summed E-state index contributed by atoms with van der Waals surface area (Å²) in [6.45, 7) is 0.318. The van der Waals surface area contributed by atoms with Crippen LogP contribution in [0, 0.1) is 26.9 Å². The maximum Gasteiger partial charge on any atom is 0.330 e. The monoisotopic (exact) mass is 233 g/mol. The molecule has 0 aliphatic heterocycles. The molecule has 17 heavy (non-hydrogen) atoms. The summed E-state index contributed by atoms with van der Waals surface area (Å²) in [6, 6.07) is 4.96. The molecule has 0 amide bonds. The van der Waals surface area contributed by atoms with Crippen molar-refractivity contribution < 1.29 is 9.66 Å². The van der Waals surface area contributed by atoms with Gasteiger partial charge in [0.25, 0.3) is 5.88 Å². The summed E-state index contributed by atoms with van der Waals surface area (Å²) in [6.07, 6.45) is 3.74. The normalized spacial score (nSPS) is 15.9. The number of nitriles is 1. The summed E-state index contributed by atoms with van der Waals surface area (Å²) in [4.78, 5) is 14.0. The molecule has 88 valence electrons. The third-order valence-corrected chi connectivity index (χ3v) is 2.87. The van der Waals surface area contributed by atoms with Crippen LogP contribution < -0.4 is 4.74 Å². The first-order chi connectivity index (χ1) is 8.17. The fourth-order valence-electron chi connectivity index (χ4n) is 1.57. The van der Waals surface area contributed by atoms with E-state index >= 15 is 0 Å². The van der Waals surface area contributed by atoms with Crippen LogP contribution >= 0.6 is 0 Å². The smallest absolute Gasteiger partial charge is 0.330 e. The molecule has 6 nitrogen and oxygen atoms in total. The number of aromatic nitrogens is 1. The molecule has 1 heterocycles. The lowest BCUT2D eigenvalue weighted by atomic mass is 10.1. The fourth-order valence-corrected chi connectivity index (χ4v) is 1.57. The molecule has 1 aromatic rings. The van der Waals surface area contributed by atoms with Crippen LogP contribution in [0.2, 0.25) is 0 Å². The van der Waals surface area contributed by atoms with Gasteiger partial charge in [-0.1, -0.05) is 0 Å². The number of nitro groups is 1. The molecule has 0 radical (unpaired) electrons. The Kier molecular flexibility index (Phi) is 2.91. The van der Waals surface area contributed by atoms with Gasteiger partial charge in [0.05, 0.1) is 17.6 Å². The number of pyridine rings is 1. The van der Waals surface area contributed by atoms with Crippen molar-refractivity contribution in [2.75, 3.05) is 6.61 Å². The van der Waals surface area contributed by atoms with E-state index in [2.05, 4.69) is 11.1 Å². The van der Waals surface area contributed by atoms with Crippen LogP contribution in [0.5, 0.6) is 5.88 Å². The standard InChI is InChI=1S/C11H11N3O3/c12-6-5-11(3-4-11)8-17-10-9(14(15)16)2-1-7-13-10/h1-2,7H,3-5,8H2. The quantitative estimate of drug-likeness (QED) is 0.573. The molecule has 0 spiro atoms. The Morgan fingerprint density at radius 1 is 1.65 bits per heavy atom. The minimum absolute atomic E-state index is 0.0294. The molecular formula is C11H11N3O3. The summed E-state index contributed by atoms with van der Waals surface area (Å²) >= 11 is 0. The van der Waals surface area contributed by atoms with Crippen molar-refractivity contribution in [3.8, 4) is 11.9 Å². The van der Waals surface area contributed by atoms with E-state index < -0.39 is 4.92 Å². The van der Waals surface area contributed by atoms with Crippen LogP contribution in [0.1, 0.15) is 19.3 Å². The van der Waals surface area contributed by atoms with E-state index in [0.717, 1.165) is 12.8 Å². The maximum absolute atomic E-state index is 10.7. The Morgan fingerprint density at radius 3 is 3.00 bits per heavy atom. The maximum atomic E-state index is 10.7. The summed E-state index contributed by atoms with van der Waals surface area (Å²) in [7, 11) is 0. The minimum atomic E-state index is -0.522. The van der Waals surface area contributed by atoms with Gasteiger partial charge in [-0.05, 0) is 18.9 Å². The van der Waals surface area contributed by atoms with E-state index in [4.69, 9.17) is 10.00 Å². The van der Waals surface area contributed by atoms with Crippen molar-refractivity contribution in [3.05, 3.63) is 28.4 Å². The summed E-state index contributed by atoms with van der Waals surface area (Å²) < 4.78 is 5.37.